The predicted molar refractivity (Wildman–Crippen MR) is 114 cm³/mol. The molecule has 2 heterocycles. The minimum Gasteiger partial charge on any atom is -0.492 e. The van der Waals surface area contributed by atoms with Crippen molar-refractivity contribution in [2.75, 3.05) is 11.9 Å². The van der Waals surface area contributed by atoms with Crippen LogP contribution in [-0.4, -0.2) is 31.8 Å². The van der Waals surface area contributed by atoms with Crippen molar-refractivity contribution in [1.82, 2.24) is 19.3 Å². The van der Waals surface area contributed by atoms with Gasteiger partial charge in [-0.05, 0) is 43.3 Å². The smallest absolute Gasteiger partial charge is 0.264 e. The van der Waals surface area contributed by atoms with E-state index < -0.39 is 0 Å². The van der Waals surface area contributed by atoms with E-state index >= 15 is 0 Å². The van der Waals surface area contributed by atoms with Crippen molar-refractivity contribution in [3.63, 3.8) is 0 Å². The monoisotopic (exact) mass is 421 g/mol. The lowest BCUT2D eigenvalue weighted by Gasteiger charge is -2.11. The molecule has 0 unspecified atom stereocenters. The summed E-state index contributed by atoms with van der Waals surface area (Å²) in [6.07, 6.45) is 2.89. The van der Waals surface area contributed by atoms with Gasteiger partial charge in [0.1, 0.15) is 17.0 Å². The molecule has 158 valence electrons. The fraction of sp³-hybridized carbons (Fsp3) is 0.182. The number of aryl methyl sites for hydroxylation is 1. The van der Waals surface area contributed by atoms with Crippen LogP contribution in [0, 0.1) is 5.82 Å². The first-order valence-corrected chi connectivity index (χ1v) is 9.77. The Labute approximate surface area is 176 Å². The van der Waals surface area contributed by atoms with Gasteiger partial charge >= 0.3 is 0 Å². The fourth-order valence-electron chi connectivity index (χ4n) is 3.17. The fourth-order valence-corrected chi connectivity index (χ4v) is 3.17. The van der Waals surface area contributed by atoms with Crippen molar-refractivity contribution in [2.45, 2.75) is 19.9 Å². The van der Waals surface area contributed by atoms with Crippen LogP contribution in [0.15, 0.2) is 65.8 Å². The lowest BCUT2D eigenvalue weighted by molar-refractivity contribution is -0.116. The minimum atomic E-state index is -0.363. The van der Waals surface area contributed by atoms with Crippen LogP contribution in [-0.2, 0) is 11.3 Å². The average Bonchev–Trinajstić information content (AvgIpc) is 3.20. The third kappa shape index (κ3) is 4.30. The number of ether oxygens (including phenoxy) is 1. The second-order valence-corrected chi connectivity index (χ2v) is 6.74. The number of para-hydroxylation sites is 2. The molecule has 9 heteroatoms. The van der Waals surface area contributed by atoms with Crippen LogP contribution in [0.1, 0.15) is 13.3 Å². The second kappa shape index (κ2) is 8.78. The molecule has 1 amide bonds. The molecule has 0 aliphatic carbocycles. The van der Waals surface area contributed by atoms with E-state index in [0.717, 1.165) is 0 Å². The van der Waals surface area contributed by atoms with Gasteiger partial charge in [0.05, 0.1) is 30.5 Å². The zero-order valence-corrected chi connectivity index (χ0v) is 16.8. The molecule has 0 aliphatic heterocycles. The lowest BCUT2D eigenvalue weighted by atomic mass is 10.2. The highest BCUT2D eigenvalue weighted by Gasteiger charge is 2.13. The van der Waals surface area contributed by atoms with Crippen LogP contribution in [0.2, 0.25) is 0 Å². The van der Waals surface area contributed by atoms with Crippen molar-refractivity contribution >= 4 is 22.6 Å². The summed E-state index contributed by atoms with van der Waals surface area (Å²) in [7, 11) is 0. The Bertz CT molecular complexity index is 1280. The van der Waals surface area contributed by atoms with Crippen LogP contribution < -0.4 is 15.6 Å². The Morgan fingerprint density at radius 1 is 1.16 bits per heavy atom. The topological polar surface area (TPSA) is 91.0 Å². The molecule has 0 bridgehead atoms. The van der Waals surface area contributed by atoms with Gasteiger partial charge < -0.3 is 10.1 Å². The lowest BCUT2D eigenvalue weighted by Crippen LogP contribution is -2.23. The van der Waals surface area contributed by atoms with Crippen molar-refractivity contribution < 1.29 is 13.9 Å². The molecule has 4 rings (SSSR count). The molecular formula is C22H20FN5O3. The number of hydrogen-bond donors (Lipinski definition) is 1. The van der Waals surface area contributed by atoms with E-state index in [4.69, 9.17) is 4.74 Å². The number of hydrogen-bond acceptors (Lipinski definition) is 5. The van der Waals surface area contributed by atoms with Crippen LogP contribution >= 0.6 is 0 Å². The molecule has 0 fully saturated rings. The maximum Gasteiger partial charge on any atom is 0.264 e. The number of rotatable bonds is 7. The maximum atomic E-state index is 13.2. The SMILES string of the molecule is CCOc1ccccc1NC(=O)CCn1cnc2c(cnn2-c2ccc(F)cc2)c1=O. The van der Waals surface area contributed by atoms with E-state index in [2.05, 4.69) is 15.4 Å². The molecule has 2 aromatic carbocycles. The number of aromatic nitrogens is 4. The van der Waals surface area contributed by atoms with E-state index in [1.54, 1.807) is 30.3 Å². The Balaban J connectivity index is 1.49. The summed E-state index contributed by atoms with van der Waals surface area (Å²) in [6, 6.07) is 12.9. The summed E-state index contributed by atoms with van der Waals surface area (Å²) in [5.74, 6) is -0.0225. The third-order valence-electron chi connectivity index (χ3n) is 4.67. The van der Waals surface area contributed by atoms with Gasteiger partial charge in [-0.1, -0.05) is 12.1 Å². The van der Waals surface area contributed by atoms with Gasteiger partial charge in [-0.3, -0.25) is 14.2 Å². The number of halogens is 1. The zero-order valence-electron chi connectivity index (χ0n) is 16.8. The first-order valence-electron chi connectivity index (χ1n) is 9.77. The van der Waals surface area contributed by atoms with E-state index in [1.165, 1.54) is 33.9 Å². The Hall–Kier alpha value is -4.01. The van der Waals surface area contributed by atoms with Gasteiger partial charge in [0.25, 0.3) is 5.56 Å². The third-order valence-corrected chi connectivity index (χ3v) is 4.67. The van der Waals surface area contributed by atoms with Gasteiger partial charge in [0.2, 0.25) is 5.91 Å². The number of carbonyl (C=O) groups is 1. The average molecular weight is 421 g/mol. The highest BCUT2D eigenvalue weighted by Crippen LogP contribution is 2.23. The number of carbonyl (C=O) groups excluding carboxylic acids is 1. The number of amides is 1. The number of fused-ring (bicyclic) bond motifs is 1. The summed E-state index contributed by atoms with van der Waals surface area (Å²) in [6.45, 7) is 2.51. The summed E-state index contributed by atoms with van der Waals surface area (Å²) in [5, 5.41) is 7.32. The second-order valence-electron chi connectivity index (χ2n) is 6.74. The van der Waals surface area contributed by atoms with Crippen LogP contribution in [0.4, 0.5) is 10.1 Å². The van der Waals surface area contributed by atoms with E-state index in [9.17, 15) is 14.0 Å². The Kier molecular flexibility index (Phi) is 5.74. The van der Waals surface area contributed by atoms with Gasteiger partial charge in [0.15, 0.2) is 5.65 Å². The van der Waals surface area contributed by atoms with Gasteiger partial charge in [-0.25, -0.2) is 14.1 Å². The van der Waals surface area contributed by atoms with Crippen LogP contribution in [0.25, 0.3) is 16.7 Å². The quantitative estimate of drug-likeness (QED) is 0.495. The van der Waals surface area contributed by atoms with Gasteiger partial charge in [-0.15, -0.1) is 0 Å². The number of nitrogens with one attached hydrogen (secondary N) is 1. The normalized spacial score (nSPS) is 10.9. The predicted octanol–water partition coefficient (Wildman–Crippen LogP) is 3.15. The standard InChI is InChI=1S/C22H20FN5O3/c1-2-31-19-6-4-3-5-18(19)26-20(29)11-12-27-14-24-21-17(22(27)30)13-25-28(21)16-9-7-15(23)8-10-16/h3-10,13-14H,2,11-12H2,1H3,(H,26,29). The van der Waals surface area contributed by atoms with Crippen LogP contribution in [0.5, 0.6) is 5.75 Å². The number of nitrogens with zero attached hydrogens (tertiary/aromatic N) is 4. The summed E-state index contributed by atoms with van der Waals surface area (Å²) in [5.41, 5.74) is 1.23. The van der Waals surface area contributed by atoms with Crippen molar-refractivity contribution in [3.05, 3.63) is 77.2 Å². The summed E-state index contributed by atoms with van der Waals surface area (Å²) < 4.78 is 21.5. The molecule has 8 nitrogen and oxygen atoms in total. The Morgan fingerprint density at radius 2 is 1.94 bits per heavy atom. The number of anilines is 1. The molecule has 0 radical (unpaired) electrons. The van der Waals surface area contributed by atoms with Crippen molar-refractivity contribution in [1.29, 1.82) is 0 Å². The molecular weight excluding hydrogens is 401 g/mol. The maximum absolute atomic E-state index is 13.2. The van der Waals surface area contributed by atoms with Gasteiger partial charge in [-0.2, -0.15) is 5.10 Å². The molecule has 0 atom stereocenters. The molecule has 1 N–H and O–H groups in total. The first kappa shape index (κ1) is 20.3. The number of benzene rings is 2. The molecule has 31 heavy (non-hydrogen) atoms. The van der Waals surface area contributed by atoms with E-state index in [-0.39, 0.29) is 30.2 Å². The van der Waals surface area contributed by atoms with E-state index in [0.29, 0.717) is 34.8 Å². The highest BCUT2D eigenvalue weighted by atomic mass is 19.1. The first-order chi connectivity index (χ1) is 15.1. The summed E-state index contributed by atoms with van der Waals surface area (Å²) >= 11 is 0. The highest BCUT2D eigenvalue weighted by molar-refractivity contribution is 5.92. The van der Waals surface area contributed by atoms with Gasteiger partial charge in [0, 0.05) is 13.0 Å². The largest absolute Gasteiger partial charge is 0.492 e. The molecule has 4 aromatic rings. The molecule has 0 spiro atoms. The zero-order chi connectivity index (χ0) is 21.8. The summed E-state index contributed by atoms with van der Waals surface area (Å²) in [4.78, 5) is 29.5. The van der Waals surface area contributed by atoms with Crippen molar-refractivity contribution in [3.8, 4) is 11.4 Å². The Morgan fingerprint density at radius 3 is 2.71 bits per heavy atom. The molecule has 0 saturated heterocycles. The van der Waals surface area contributed by atoms with Crippen LogP contribution in [0.3, 0.4) is 0 Å². The molecule has 0 saturated carbocycles. The minimum absolute atomic E-state index is 0.0830. The van der Waals surface area contributed by atoms with Crippen molar-refractivity contribution in [2.24, 2.45) is 0 Å². The molecule has 0 aliphatic rings. The molecule has 2 aromatic heterocycles. The van der Waals surface area contributed by atoms with E-state index in [1.807, 2.05) is 13.0 Å².